The highest BCUT2D eigenvalue weighted by molar-refractivity contribution is 6.01. The highest BCUT2D eigenvalue weighted by Gasteiger charge is 2.38. The normalized spacial score (nSPS) is 20.1. The number of hydrogen-bond acceptors (Lipinski definition) is 5. The van der Waals surface area contributed by atoms with Crippen molar-refractivity contribution in [3.63, 3.8) is 0 Å². The number of nitrogens with zero attached hydrogens (tertiary/aromatic N) is 3. The van der Waals surface area contributed by atoms with E-state index in [0.29, 0.717) is 57.3 Å². The number of rotatable bonds is 7. The van der Waals surface area contributed by atoms with E-state index in [-0.39, 0.29) is 30.1 Å². The Bertz CT molecular complexity index is 746. The van der Waals surface area contributed by atoms with Crippen molar-refractivity contribution >= 4 is 23.4 Å². The monoisotopic (exact) mass is 402 g/mol. The van der Waals surface area contributed by atoms with Crippen LogP contribution in [0.25, 0.3) is 0 Å². The molecule has 0 aromatic heterocycles. The summed E-state index contributed by atoms with van der Waals surface area (Å²) in [4.78, 5) is 42.9. The number of nitrogens with one attached hydrogen (secondary N) is 1. The van der Waals surface area contributed by atoms with Crippen LogP contribution in [0.3, 0.4) is 0 Å². The first-order chi connectivity index (χ1) is 14.0. The molecule has 3 amide bonds. The quantitative estimate of drug-likeness (QED) is 0.727. The van der Waals surface area contributed by atoms with Crippen LogP contribution in [-0.2, 0) is 14.4 Å². The summed E-state index contributed by atoms with van der Waals surface area (Å²) >= 11 is 0. The number of amides is 3. The Labute approximate surface area is 171 Å². The highest BCUT2D eigenvalue weighted by Crippen LogP contribution is 2.33. The zero-order valence-electron chi connectivity index (χ0n) is 17.2. The third-order valence-electron chi connectivity index (χ3n) is 5.47. The molecule has 29 heavy (non-hydrogen) atoms. The number of carbonyl (C=O) groups is 3. The van der Waals surface area contributed by atoms with Gasteiger partial charge in [-0.3, -0.25) is 19.3 Å². The average Bonchev–Trinajstić information content (AvgIpc) is 3.13. The van der Waals surface area contributed by atoms with E-state index in [4.69, 9.17) is 4.74 Å². The molecule has 1 unspecified atom stereocenters. The summed E-state index contributed by atoms with van der Waals surface area (Å²) < 4.78 is 5.36. The maximum Gasteiger partial charge on any atom is 0.234 e. The molecule has 158 valence electrons. The van der Waals surface area contributed by atoms with Gasteiger partial charge in [-0.2, -0.15) is 0 Å². The molecular weight excluding hydrogens is 372 g/mol. The molecule has 3 rings (SSSR count). The van der Waals surface area contributed by atoms with Gasteiger partial charge in [0.1, 0.15) is 5.75 Å². The number of para-hydroxylation sites is 2. The Morgan fingerprint density at radius 1 is 1.17 bits per heavy atom. The number of piperazine rings is 1. The van der Waals surface area contributed by atoms with Gasteiger partial charge < -0.3 is 19.9 Å². The lowest BCUT2D eigenvalue weighted by Gasteiger charge is -2.35. The molecule has 1 aromatic carbocycles. The first-order valence-electron chi connectivity index (χ1n) is 10.2. The predicted molar refractivity (Wildman–Crippen MR) is 110 cm³/mol. The standard InChI is InChI=1S/C21H30N4O4/c1-3-8-22-19(26)15-23-9-11-24(12-10-23)21(28)16-13-20(27)25(14-16)17-6-4-5-7-18(17)29-2/h4-7,16H,3,8-15H2,1-2H3,(H,22,26). The first kappa shape index (κ1) is 21.1. The largest absolute Gasteiger partial charge is 0.495 e. The number of benzene rings is 1. The van der Waals surface area contributed by atoms with E-state index in [1.807, 2.05) is 36.1 Å². The van der Waals surface area contributed by atoms with Crippen LogP contribution in [0.1, 0.15) is 19.8 Å². The Hall–Kier alpha value is -2.61. The molecule has 2 aliphatic rings. The molecule has 1 atom stereocenters. The van der Waals surface area contributed by atoms with Gasteiger partial charge in [0.2, 0.25) is 17.7 Å². The average molecular weight is 402 g/mol. The van der Waals surface area contributed by atoms with Crippen LogP contribution >= 0.6 is 0 Å². The minimum absolute atomic E-state index is 0.0193. The fraction of sp³-hybridized carbons (Fsp3) is 0.571. The first-order valence-corrected chi connectivity index (χ1v) is 10.2. The van der Waals surface area contributed by atoms with Crippen molar-refractivity contribution in [1.82, 2.24) is 15.1 Å². The summed E-state index contributed by atoms with van der Waals surface area (Å²) in [5, 5.41) is 2.88. The lowest BCUT2D eigenvalue weighted by Crippen LogP contribution is -2.52. The molecule has 0 bridgehead atoms. The van der Waals surface area contributed by atoms with Crippen LogP contribution in [0.15, 0.2) is 24.3 Å². The highest BCUT2D eigenvalue weighted by atomic mass is 16.5. The minimum atomic E-state index is -0.341. The Balaban J connectivity index is 1.53. The summed E-state index contributed by atoms with van der Waals surface area (Å²) in [7, 11) is 1.57. The zero-order chi connectivity index (χ0) is 20.8. The van der Waals surface area contributed by atoms with E-state index in [1.54, 1.807) is 12.0 Å². The van der Waals surface area contributed by atoms with Crippen molar-refractivity contribution in [3.8, 4) is 5.75 Å². The van der Waals surface area contributed by atoms with Crippen molar-refractivity contribution in [2.24, 2.45) is 5.92 Å². The fourth-order valence-electron chi connectivity index (χ4n) is 3.87. The second-order valence-corrected chi connectivity index (χ2v) is 7.53. The summed E-state index contributed by atoms with van der Waals surface area (Å²) in [5.41, 5.74) is 0.707. The van der Waals surface area contributed by atoms with Gasteiger partial charge in [0, 0.05) is 45.7 Å². The van der Waals surface area contributed by atoms with E-state index < -0.39 is 0 Å². The molecule has 0 spiro atoms. The summed E-state index contributed by atoms with van der Waals surface area (Å²) in [6, 6.07) is 7.36. The maximum absolute atomic E-state index is 13.0. The van der Waals surface area contributed by atoms with Gasteiger partial charge >= 0.3 is 0 Å². The molecule has 2 fully saturated rings. The van der Waals surface area contributed by atoms with E-state index in [9.17, 15) is 14.4 Å². The third kappa shape index (κ3) is 5.06. The second kappa shape index (κ2) is 9.73. The van der Waals surface area contributed by atoms with Crippen LogP contribution < -0.4 is 15.0 Å². The number of carbonyl (C=O) groups excluding carboxylic acids is 3. The van der Waals surface area contributed by atoms with Gasteiger partial charge in [-0.15, -0.1) is 0 Å². The smallest absolute Gasteiger partial charge is 0.234 e. The van der Waals surface area contributed by atoms with Crippen molar-refractivity contribution in [2.75, 3.05) is 57.8 Å². The SMILES string of the molecule is CCCNC(=O)CN1CCN(C(=O)C2CC(=O)N(c3ccccc3OC)C2)CC1. The van der Waals surface area contributed by atoms with Crippen LogP contribution in [0.2, 0.25) is 0 Å². The molecule has 0 radical (unpaired) electrons. The fourth-order valence-corrected chi connectivity index (χ4v) is 3.87. The van der Waals surface area contributed by atoms with Gasteiger partial charge in [0.05, 0.1) is 25.3 Å². The number of ether oxygens (including phenoxy) is 1. The zero-order valence-corrected chi connectivity index (χ0v) is 17.2. The predicted octanol–water partition coefficient (Wildman–Crippen LogP) is 0.719. The van der Waals surface area contributed by atoms with Gasteiger partial charge in [-0.05, 0) is 18.6 Å². The molecule has 1 N–H and O–H groups in total. The van der Waals surface area contributed by atoms with E-state index >= 15 is 0 Å². The van der Waals surface area contributed by atoms with Crippen molar-refractivity contribution in [1.29, 1.82) is 0 Å². The number of methoxy groups -OCH3 is 1. The Morgan fingerprint density at radius 2 is 1.90 bits per heavy atom. The molecule has 2 saturated heterocycles. The van der Waals surface area contributed by atoms with Gasteiger partial charge in [-0.1, -0.05) is 19.1 Å². The number of anilines is 1. The molecule has 2 heterocycles. The molecule has 1 aromatic rings. The van der Waals surface area contributed by atoms with Crippen molar-refractivity contribution in [2.45, 2.75) is 19.8 Å². The van der Waals surface area contributed by atoms with Crippen molar-refractivity contribution < 1.29 is 19.1 Å². The third-order valence-corrected chi connectivity index (χ3v) is 5.47. The lowest BCUT2D eigenvalue weighted by molar-refractivity contribution is -0.137. The van der Waals surface area contributed by atoms with Crippen molar-refractivity contribution in [3.05, 3.63) is 24.3 Å². The van der Waals surface area contributed by atoms with Gasteiger partial charge in [0.25, 0.3) is 0 Å². The van der Waals surface area contributed by atoms with E-state index in [1.165, 1.54) is 0 Å². The van der Waals surface area contributed by atoms with Crippen LogP contribution in [0.4, 0.5) is 5.69 Å². The topological polar surface area (TPSA) is 82.2 Å². The van der Waals surface area contributed by atoms with Gasteiger partial charge in [-0.25, -0.2) is 0 Å². The maximum atomic E-state index is 13.0. The summed E-state index contributed by atoms with van der Waals surface area (Å²) in [5.74, 6) is 0.279. The molecule has 0 saturated carbocycles. The lowest BCUT2D eigenvalue weighted by atomic mass is 10.1. The number of hydrogen-bond donors (Lipinski definition) is 1. The Morgan fingerprint density at radius 3 is 2.59 bits per heavy atom. The summed E-state index contributed by atoms with van der Waals surface area (Å²) in [6.45, 7) is 5.95. The second-order valence-electron chi connectivity index (χ2n) is 7.53. The van der Waals surface area contributed by atoms with Crippen LogP contribution in [0, 0.1) is 5.92 Å². The molecular formula is C21H30N4O4. The summed E-state index contributed by atoms with van der Waals surface area (Å²) in [6.07, 6.45) is 1.14. The molecule has 0 aliphatic carbocycles. The van der Waals surface area contributed by atoms with E-state index in [2.05, 4.69) is 10.2 Å². The Kier molecular flexibility index (Phi) is 7.09. The molecule has 8 heteroatoms. The molecule has 8 nitrogen and oxygen atoms in total. The van der Waals surface area contributed by atoms with E-state index in [0.717, 1.165) is 6.42 Å². The van der Waals surface area contributed by atoms with Crippen LogP contribution in [0.5, 0.6) is 5.75 Å². The molecule has 2 aliphatic heterocycles. The minimum Gasteiger partial charge on any atom is -0.495 e. The van der Waals surface area contributed by atoms with Gasteiger partial charge in [0.15, 0.2) is 0 Å². The van der Waals surface area contributed by atoms with Crippen LogP contribution in [-0.4, -0.2) is 80.4 Å².